The number of carbonyl (C=O) groups excluding carboxylic acids is 1. The van der Waals surface area contributed by atoms with Crippen LogP contribution < -0.4 is 19.6 Å². The number of carbonyl (C=O) groups is 1. The van der Waals surface area contributed by atoms with Gasteiger partial charge in [-0.3, -0.25) is 14.9 Å². The lowest BCUT2D eigenvalue weighted by Gasteiger charge is -2.12. The molecule has 0 fully saturated rings. The summed E-state index contributed by atoms with van der Waals surface area (Å²) in [5.74, 6) is 0.106. The van der Waals surface area contributed by atoms with Crippen molar-refractivity contribution in [3.63, 3.8) is 0 Å². The zero-order valence-electron chi connectivity index (χ0n) is 18.4. The van der Waals surface area contributed by atoms with Gasteiger partial charge in [-0.2, -0.15) is 5.10 Å². The van der Waals surface area contributed by atoms with Crippen molar-refractivity contribution in [1.29, 1.82) is 0 Å². The molecule has 0 aliphatic carbocycles. The molecule has 0 radical (unpaired) electrons. The minimum absolute atomic E-state index is 0.0132. The van der Waals surface area contributed by atoms with Crippen molar-refractivity contribution in [1.82, 2.24) is 5.43 Å². The first kappa shape index (κ1) is 23.3. The molecule has 9 heteroatoms. The van der Waals surface area contributed by atoms with E-state index in [4.69, 9.17) is 14.2 Å². The lowest BCUT2D eigenvalue weighted by Crippen LogP contribution is -2.18. The van der Waals surface area contributed by atoms with Gasteiger partial charge in [0, 0.05) is 11.6 Å². The van der Waals surface area contributed by atoms with Gasteiger partial charge in [-0.25, -0.2) is 5.43 Å². The highest BCUT2D eigenvalue weighted by Gasteiger charge is 2.22. The number of nitro groups is 1. The van der Waals surface area contributed by atoms with Gasteiger partial charge in [0.25, 0.3) is 5.91 Å². The summed E-state index contributed by atoms with van der Waals surface area (Å²) < 4.78 is 16.2. The van der Waals surface area contributed by atoms with Crippen LogP contribution in [0.25, 0.3) is 0 Å². The summed E-state index contributed by atoms with van der Waals surface area (Å²) >= 11 is 0. The Hall–Kier alpha value is -4.40. The van der Waals surface area contributed by atoms with Gasteiger partial charge in [0.2, 0.25) is 5.75 Å². The maximum absolute atomic E-state index is 12.4. The largest absolute Gasteiger partial charge is 0.496 e. The molecular formula is C24H23N3O6. The molecule has 1 N–H and O–H groups in total. The first-order valence-corrected chi connectivity index (χ1v) is 9.94. The molecule has 0 aromatic heterocycles. The highest BCUT2D eigenvalue weighted by atomic mass is 16.6. The van der Waals surface area contributed by atoms with E-state index in [0.717, 1.165) is 11.1 Å². The van der Waals surface area contributed by atoms with E-state index in [2.05, 4.69) is 10.5 Å². The van der Waals surface area contributed by atoms with Gasteiger partial charge in [-0.05, 0) is 30.7 Å². The first-order chi connectivity index (χ1) is 15.9. The van der Waals surface area contributed by atoms with E-state index in [1.165, 1.54) is 32.6 Å². The first-order valence-electron chi connectivity index (χ1n) is 9.94. The topological polar surface area (TPSA) is 112 Å². The van der Waals surface area contributed by atoms with Gasteiger partial charge in [-0.1, -0.05) is 42.0 Å². The van der Waals surface area contributed by atoms with Crippen molar-refractivity contribution in [3.05, 3.63) is 93.0 Å². The van der Waals surface area contributed by atoms with Crippen molar-refractivity contribution in [2.45, 2.75) is 13.5 Å². The Morgan fingerprint density at radius 2 is 1.82 bits per heavy atom. The zero-order valence-corrected chi connectivity index (χ0v) is 18.4. The van der Waals surface area contributed by atoms with Crippen LogP contribution in [0.1, 0.15) is 27.0 Å². The number of hydrogen-bond donors (Lipinski definition) is 1. The molecule has 0 saturated heterocycles. The van der Waals surface area contributed by atoms with E-state index in [9.17, 15) is 14.9 Å². The Kier molecular flexibility index (Phi) is 7.59. The third-order valence-corrected chi connectivity index (χ3v) is 4.67. The molecule has 3 rings (SSSR count). The summed E-state index contributed by atoms with van der Waals surface area (Å²) in [5, 5.41) is 15.6. The second-order valence-electron chi connectivity index (χ2n) is 7.01. The maximum Gasteiger partial charge on any atom is 0.315 e. The van der Waals surface area contributed by atoms with E-state index >= 15 is 0 Å². The van der Waals surface area contributed by atoms with Gasteiger partial charge < -0.3 is 14.2 Å². The minimum Gasteiger partial charge on any atom is -0.496 e. The fourth-order valence-electron chi connectivity index (χ4n) is 3.13. The summed E-state index contributed by atoms with van der Waals surface area (Å²) in [5.41, 5.74) is 4.69. The number of para-hydroxylation sites is 1. The maximum atomic E-state index is 12.4. The molecule has 0 aliphatic heterocycles. The minimum atomic E-state index is -0.557. The summed E-state index contributed by atoms with van der Waals surface area (Å²) in [6.45, 7) is 2.09. The van der Waals surface area contributed by atoms with Crippen LogP contribution in [0.15, 0.2) is 65.8 Å². The number of hydrogen-bond acceptors (Lipinski definition) is 7. The number of nitrogens with zero attached hydrogens (tertiary/aromatic N) is 2. The number of benzene rings is 3. The molecule has 0 saturated carbocycles. The van der Waals surface area contributed by atoms with Crippen molar-refractivity contribution in [3.8, 4) is 17.2 Å². The van der Waals surface area contributed by atoms with E-state index in [-0.39, 0.29) is 23.8 Å². The van der Waals surface area contributed by atoms with E-state index in [1.54, 1.807) is 24.3 Å². The monoisotopic (exact) mass is 449 g/mol. The molecule has 3 aromatic rings. The zero-order chi connectivity index (χ0) is 23.8. The molecule has 170 valence electrons. The van der Waals surface area contributed by atoms with E-state index < -0.39 is 10.8 Å². The molecule has 9 nitrogen and oxygen atoms in total. The number of amides is 1. The molecule has 3 aromatic carbocycles. The lowest BCUT2D eigenvalue weighted by atomic mass is 10.1. The van der Waals surface area contributed by atoms with Crippen LogP contribution in [-0.4, -0.2) is 31.3 Å². The number of methoxy groups -OCH3 is 2. The van der Waals surface area contributed by atoms with Crippen LogP contribution in [0, 0.1) is 17.0 Å². The predicted octanol–water partition coefficient (Wildman–Crippen LogP) is 4.26. The summed E-state index contributed by atoms with van der Waals surface area (Å²) in [6.07, 6.45) is 1.28. The fraction of sp³-hybridized carbons (Fsp3) is 0.167. The Balaban J connectivity index is 1.81. The predicted molar refractivity (Wildman–Crippen MR) is 123 cm³/mol. The Bertz CT molecular complexity index is 1190. The summed E-state index contributed by atoms with van der Waals surface area (Å²) in [7, 11) is 2.85. The van der Waals surface area contributed by atoms with Gasteiger partial charge in [0.15, 0.2) is 5.75 Å². The number of hydrazone groups is 1. The molecule has 0 unspecified atom stereocenters. The molecule has 0 aliphatic rings. The van der Waals surface area contributed by atoms with Crippen LogP contribution in [0.4, 0.5) is 5.69 Å². The molecule has 0 spiro atoms. The van der Waals surface area contributed by atoms with E-state index in [1.807, 2.05) is 31.2 Å². The summed E-state index contributed by atoms with van der Waals surface area (Å²) in [6, 6.07) is 17.2. The van der Waals surface area contributed by atoms with Gasteiger partial charge in [-0.15, -0.1) is 0 Å². The third-order valence-electron chi connectivity index (χ3n) is 4.67. The Morgan fingerprint density at radius 1 is 1.06 bits per heavy atom. The SMILES string of the molecule is COc1ccccc1C(=O)N/N=C/c1cc(OC)c(OCc2cccc(C)c2)c([N+](=O)[O-])c1. The van der Waals surface area contributed by atoms with Crippen molar-refractivity contribution >= 4 is 17.8 Å². The van der Waals surface area contributed by atoms with Gasteiger partial charge in [0.05, 0.1) is 30.9 Å². The number of rotatable bonds is 9. The highest BCUT2D eigenvalue weighted by molar-refractivity contribution is 5.97. The molecular weight excluding hydrogens is 426 g/mol. The average Bonchev–Trinajstić information content (AvgIpc) is 2.82. The number of nitro benzene ring substituents is 1. The van der Waals surface area contributed by atoms with Crippen LogP contribution in [0.3, 0.4) is 0 Å². The van der Waals surface area contributed by atoms with Crippen molar-refractivity contribution < 1.29 is 23.9 Å². The Morgan fingerprint density at radius 3 is 2.52 bits per heavy atom. The van der Waals surface area contributed by atoms with Gasteiger partial charge in [0.1, 0.15) is 12.4 Å². The molecule has 1 amide bonds. The van der Waals surface area contributed by atoms with Crippen LogP contribution in [0.2, 0.25) is 0 Å². The smallest absolute Gasteiger partial charge is 0.315 e. The lowest BCUT2D eigenvalue weighted by molar-refractivity contribution is -0.386. The average molecular weight is 449 g/mol. The molecule has 0 bridgehead atoms. The van der Waals surface area contributed by atoms with Crippen molar-refractivity contribution in [2.24, 2.45) is 5.10 Å². The Labute approximate surface area is 190 Å². The van der Waals surface area contributed by atoms with E-state index in [0.29, 0.717) is 16.9 Å². The third kappa shape index (κ3) is 5.85. The standard InChI is InChI=1S/C24H23N3O6/c1-16-7-6-8-17(11-16)15-33-23-20(27(29)30)12-18(13-22(23)32-3)14-25-26-24(28)19-9-4-5-10-21(19)31-2/h4-14H,15H2,1-3H3,(H,26,28)/b25-14+. The second kappa shape index (κ2) is 10.8. The molecule has 0 heterocycles. The quantitative estimate of drug-likeness (QED) is 0.297. The van der Waals surface area contributed by atoms with Crippen molar-refractivity contribution in [2.75, 3.05) is 14.2 Å². The number of nitrogens with one attached hydrogen (secondary N) is 1. The second-order valence-corrected chi connectivity index (χ2v) is 7.01. The molecule has 33 heavy (non-hydrogen) atoms. The van der Waals surface area contributed by atoms with Crippen LogP contribution in [-0.2, 0) is 6.61 Å². The number of aryl methyl sites for hydroxylation is 1. The van der Waals surface area contributed by atoms with Crippen LogP contribution >= 0.6 is 0 Å². The fourth-order valence-corrected chi connectivity index (χ4v) is 3.13. The molecule has 0 atom stereocenters. The van der Waals surface area contributed by atoms with Gasteiger partial charge >= 0.3 is 5.69 Å². The normalized spacial score (nSPS) is 10.6. The summed E-state index contributed by atoms with van der Waals surface area (Å²) in [4.78, 5) is 23.5. The number of ether oxygens (including phenoxy) is 3. The highest BCUT2D eigenvalue weighted by Crippen LogP contribution is 2.38. The van der Waals surface area contributed by atoms with Crippen LogP contribution in [0.5, 0.6) is 17.2 Å².